The number of halogens is 3. The molecule has 0 unspecified atom stereocenters. The molecule has 0 amide bonds. The van der Waals surface area contributed by atoms with Crippen molar-refractivity contribution in [2.75, 3.05) is 25.1 Å². The van der Waals surface area contributed by atoms with E-state index in [1.165, 1.54) is 0 Å². The van der Waals surface area contributed by atoms with Crippen LogP contribution < -0.4 is 10.1 Å². The maximum absolute atomic E-state index is 12.7. The fraction of sp³-hybridized carbons (Fsp3) is 0.583. The molecule has 0 atom stereocenters. The molecule has 19 heavy (non-hydrogen) atoms. The summed E-state index contributed by atoms with van der Waals surface area (Å²) < 4.78 is 43.2. The number of hydrogen-bond acceptors (Lipinski definition) is 4. The Kier molecular flexibility index (Phi) is 5.88. The van der Waals surface area contributed by atoms with Crippen LogP contribution in [0.2, 0.25) is 0 Å². The maximum Gasteiger partial charge on any atom is 0.416 e. The van der Waals surface area contributed by atoms with Crippen molar-refractivity contribution >= 4 is 5.82 Å². The van der Waals surface area contributed by atoms with E-state index in [-0.39, 0.29) is 24.9 Å². The van der Waals surface area contributed by atoms with Crippen LogP contribution in [0, 0.1) is 0 Å². The number of nitrogens with one attached hydrogen (secondary N) is 1. The number of anilines is 1. The molecule has 1 aromatic heterocycles. The molecule has 4 nitrogen and oxygen atoms in total. The third-order valence-corrected chi connectivity index (χ3v) is 2.24. The van der Waals surface area contributed by atoms with E-state index in [9.17, 15) is 13.2 Å². The molecule has 0 saturated carbocycles. The molecule has 0 aliphatic carbocycles. The van der Waals surface area contributed by atoms with Crippen molar-refractivity contribution in [2.24, 2.45) is 0 Å². The Morgan fingerprint density at radius 2 is 2.11 bits per heavy atom. The van der Waals surface area contributed by atoms with E-state index in [4.69, 9.17) is 9.84 Å². The summed E-state index contributed by atoms with van der Waals surface area (Å²) >= 11 is 0. The molecular weight excluding hydrogens is 261 g/mol. The van der Waals surface area contributed by atoms with Gasteiger partial charge in [-0.05, 0) is 12.5 Å². The van der Waals surface area contributed by atoms with Crippen molar-refractivity contribution in [1.29, 1.82) is 0 Å². The monoisotopic (exact) mass is 278 g/mol. The minimum atomic E-state index is -4.44. The van der Waals surface area contributed by atoms with E-state index in [1.54, 1.807) is 0 Å². The lowest BCUT2D eigenvalue weighted by atomic mass is 10.2. The van der Waals surface area contributed by atoms with Crippen LogP contribution in [0.3, 0.4) is 0 Å². The van der Waals surface area contributed by atoms with Gasteiger partial charge in [0.15, 0.2) is 0 Å². The number of rotatable bonds is 7. The number of hydrogen-bond donors (Lipinski definition) is 2. The minimum Gasteiger partial charge on any atom is -0.478 e. The van der Waals surface area contributed by atoms with Gasteiger partial charge >= 0.3 is 6.18 Å². The van der Waals surface area contributed by atoms with Crippen LogP contribution >= 0.6 is 0 Å². The SMILES string of the molecule is CCCNc1cc(C(F)(F)F)cc(OCCCO)n1. The molecule has 0 spiro atoms. The van der Waals surface area contributed by atoms with E-state index >= 15 is 0 Å². The molecule has 7 heteroatoms. The Hall–Kier alpha value is -1.50. The Balaban J connectivity index is 2.89. The molecule has 0 aliphatic heterocycles. The molecule has 1 aromatic rings. The molecule has 0 saturated heterocycles. The molecule has 0 aliphatic rings. The molecule has 2 N–H and O–H groups in total. The first kappa shape index (κ1) is 15.6. The summed E-state index contributed by atoms with van der Waals surface area (Å²) in [5.74, 6) is 0.0394. The summed E-state index contributed by atoms with van der Waals surface area (Å²) in [6.07, 6.45) is -3.32. The van der Waals surface area contributed by atoms with Crippen LogP contribution in [-0.4, -0.2) is 29.8 Å². The standard InChI is InChI=1S/C12H17F3N2O2/c1-2-4-16-10-7-9(12(13,14)15)8-11(17-10)19-6-3-5-18/h7-8,18H,2-6H2,1H3,(H,16,17). The van der Waals surface area contributed by atoms with Gasteiger partial charge in [-0.25, -0.2) is 0 Å². The van der Waals surface area contributed by atoms with Gasteiger partial charge in [-0.3, -0.25) is 0 Å². The highest BCUT2D eigenvalue weighted by molar-refractivity contribution is 5.42. The lowest BCUT2D eigenvalue weighted by Gasteiger charge is -2.12. The molecule has 0 bridgehead atoms. The highest BCUT2D eigenvalue weighted by atomic mass is 19.4. The quantitative estimate of drug-likeness (QED) is 0.753. The van der Waals surface area contributed by atoms with Crippen LogP contribution in [0.4, 0.5) is 19.0 Å². The Morgan fingerprint density at radius 3 is 2.68 bits per heavy atom. The molecule has 1 rings (SSSR count). The summed E-state index contributed by atoms with van der Waals surface area (Å²) in [5.41, 5.74) is -0.805. The third-order valence-electron chi connectivity index (χ3n) is 2.24. The third kappa shape index (κ3) is 5.34. The average Bonchev–Trinajstić information content (AvgIpc) is 2.35. The lowest BCUT2D eigenvalue weighted by molar-refractivity contribution is -0.137. The highest BCUT2D eigenvalue weighted by Gasteiger charge is 2.31. The fourth-order valence-corrected chi connectivity index (χ4v) is 1.33. The molecule has 0 fully saturated rings. The first-order valence-electron chi connectivity index (χ1n) is 6.04. The number of aromatic nitrogens is 1. The van der Waals surface area contributed by atoms with Gasteiger partial charge in [0.2, 0.25) is 5.88 Å². The predicted octanol–water partition coefficient (Wildman–Crippen LogP) is 2.68. The van der Waals surface area contributed by atoms with Crippen molar-refractivity contribution in [2.45, 2.75) is 25.9 Å². The average molecular weight is 278 g/mol. The number of nitrogens with zero attached hydrogens (tertiary/aromatic N) is 1. The van der Waals surface area contributed by atoms with Crippen LogP contribution in [0.15, 0.2) is 12.1 Å². The van der Waals surface area contributed by atoms with Crippen LogP contribution in [0.5, 0.6) is 5.88 Å². The van der Waals surface area contributed by atoms with Gasteiger partial charge in [0, 0.05) is 25.6 Å². The topological polar surface area (TPSA) is 54.4 Å². The van der Waals surface area contributed by atoms with Gasteiger partial charge in [0.1, 0.15) is 5.82 Å². The molecule has 108 valence electrons. The molecule has 0 radical (unpaired) electrons. The van der Waals surface area contributed by atoms with Gasteiger partial charge in [-0.15, -0.1) is 0 Å². The van der Waals surface area contributed by atoms with Crippen LogP contribution in [0.25, 0.3) is 0 Å². The Morgan fingerprint density at radius 1 is 1.37 bits per heavy atom. The zero-order valence-electron chi connectivity index (χ0n) is 10.6. The summed E-state index contributed by atoms with van der Waals surface area (Å²) in [6.45, 7) is 2.47. The highest BCUT2D eigenvalue weighted by Crippen LogP contribution is 2.32. The van der Waals surface area contributed by atoms with Crippen LogP contribution in [-0.2, 0) is 6.18 Å². The number of aliphatic hydroxyl groups excluding tert-OH is 1. The minimum absolute atomic E-state index is 0.0834. The zero-order chi connectivity index (χ0) is 14.3. The number of pyridine rings is 1. The van der Waals surface area contributed by atoms with E-state index in [1.807, 2.05) is 6.92 Å². The fourth-order valence-electron chi connectivity index (χ4n) is 1.33. The van der Waals surface area contributed by atoms with Crippen molar-refractivity contribution in [3.8, 4) is 5.88 Å². The largest absolute Gasteiger partial charge is 0.478 e. The summed E-state index contributed by atoms with van der Waals surface area (Å²) in [7, 11) is 0. The van der Waals surface area contributed by atoms with Crippen molar-refractivity contribution in [1.82, 2.24) is 4.98 Å². The molecule has 1 heterocycles. The zero-order valence-corrected chi connectivity index (χ0v) is 10.6. The van der Waals surface area contributed by atoms with Crippen LogP contribution in [0.1, 0.15) is 25.3 Å². The van der Waals surface area contributed by atoms with Gasteiger partial charge in [-0.2, -0.15) is 18.2 Å². The lowest BCUT2D eigenvalue weighted by Crippen LogP contribution is -2.10. The second kappa shape index (κ2) is 7.18. The van der Waals surface area contributed by atoms with Gasteiger partial charge in [-0.1, -0.05) is 6.92 Å². The maximum atomic E-state index is 12.7. The van der Waals surface area contributed by atoms with E-state index in [0.29, 0.717) is 13.0 Å². The normalized spacial score (nSPS) is 11.4. The van der Waals surface area contributed by atoms with Crippen molar-refractivity contribution in [3.63, 3.8) is 0 Å². The predicted molar refractivity (Wildman–Crippen MR) is 65.2 cm³/mol. The van der Waals surface area contributed by atoms with E-state index in [2.05, 4.69) is 10.3 Å². The van der Waals surface area contributed by atoms with Crippen molar-refractivity contribution < 1.29 is 23.0 Å². The van der Waals surface area contributed by atoms with Gasteiger partial charge in [0.05, 0.1) is 12.2 Å². The number of ether oxygens (including phenoxy) is 1. The van der Waals surface area contributed by atoms with E-state index in [0.717, 1.165) is 18.6 Å². The summed E-state index contributed by atoms with van der Waals surface area (Å²) in [4.78, 5) is 3.94. The Bertz CT molecular complexity index is 397. The molecular formula is C12H17F3N2O2. The summed E-state index contributed by atoms with van der Waals surface area (Å²) in [5, 5.41) is 11.4. The second-order valence-electron chi connectivity index (χ2n) is 3.93. The first-order chi connectivity index (χ1) is 8.97. The molecule has 0 aromatic carbocycles. The summed E-state index contributed by atoms with van der Waals surface area (Å²) in [6, 6.07) is 1.81. The smallest absolute Gasteiger partial charge is 0.416 e. The van der Waals surface area contributed by atoms with Gasteiger partial charge < -0.3 is 15.2 Å². The number of alkyl halides is 3. The second-order valence-corrected chi connectivity index (χ2v) is 3.93. The number of aliphatic hydroxyl groups is 1. The first-order valence-corrected chi connectivity index (χ1v) is 6.04. The Labute approximate surface area is 109 Å². The van der Waals surface area contributed by atoms with Crippen molar-refractivity contribution in [3.05, 3.63) is 17.7 Å². The van der Waals surface area contributed by atoms with E-state index < -0.39 is 11.7 Å². The van der Waals surface area contributed by atoms with Gasteiger partial charge in [0.25, 0.3) is 0 Å².